The number of fused-ring (bicyclic) bond motifs is 3. The van der Waals surface area contributed by atoms with Crippen molar-refractivity contribution < 1.29 is 12.8 Å². The molecular formula is C10H7BrO3S. The largest absolute Gasteiger partial charge is 0.460 e. The van der Waals surface area contributed by atoms with Gasteiger partial charge in [-0.1, -0.05) is 15.9 Å². The average Bonchev–Trinajstić information content (AvgIpc) is 2.58. The van der Waals surface area contributed by atoms with Crippen molar-refractivity contribution in [1.82, 2.24) is 0 Å². The van der Waals surface area contributed by atoms with Crippen LogP contribution in [0.15, 0.2) is 27.1 Å². The average molecular weight is 287 g/mol. The Bertz CT molecular complexity index is 655. The molecule has 1 aromatic carbocycles. The van der Waals surface area contributed by atoms with E-state index >= 15 is 0 Å². The first-order chi connectivity index (χ1) is 7.05. The molecule has 5 heteroatoms. The zero-order valence-electron chi connectivity index (χ0n) is 7.66. The molecule has 0 saturated carbocycles. The lowest BCUT2D eigenvalue weighted by molar-refractivity contribution is 0.562. The van der Waals surface area contributed by atoms with Gasteiger partial charge in [0.05, 0.1) is 5.75 Å². The zero-order chi connectivity index (χ0) is 10.6. The number of benzene rings is 1. The van der Waals surface area contributed by atoms with Gasteiger partial charge in [-0.25, -0.2) is 8.42 Å². The molecule has 0 N–H and O–H groups in total. The summed E-state index contributed by atoms with van der Waals surface area (Å²) in [5, 5.41) is 0.903. The van der Waals surface area contributed by atoms with E-state index in [0.29, 0.717) is 5.76 Å². The number of rotatable bonds is 0. The van der Waals surface area contributed by atoms with Crippen LogP contribution in [0.25, 0.3) is 11.0 Å². The van der Waals surface area contributed by atoms with E-state index in [1.54, 1.807) is 0 Å². The van der Waals surface area contributed by atoms with Crippen molar-refractivity contribution in [2.75, 3.05) is 0 Å². The van der Waals surface area contributed by atoms with Crippen LogP contribution in [-0.4, -0.2) is 8.42 Å². The van der Waals surface area contributed by atoms with Crippen molar-refractivity contribution in [1.29, 1.82) is 0 Å². The van der Waals surface area contributed by atoms with E-state index in [1.807, 2.05) is 18.2 Å². The Labute approximate surface area is 95.1 Å². The Balaban J connectivity index is 2.34. The van der Waals surface area contributed by atoms with E-state index in [4.69, 9.17) is 4.42 Å². The first kappa shape index (κ1) is 9.42. The molecule has 0 amide bonds. The number of sulfone groups is 1. The summed E-state index contributed by atoms with van der Waals surface area (Å²) in [4.78, 5) is 0. The maximum absolute atomic E-state index is 11.4. The highest BCUT2D eigenvalue weighted by atomic mass is 79.9. The number of halogens is 1. The highest BCUT2D eigenvalue weighted by Gasteiger charge is 2.30. The normalized spacial score (nSPS) is 18.2. The molecule has 2 heterocycles. The van der Waals surface area contributed by atoms with Crippen LogP contribution in [0.1, 0.15) is 11.3 Å². The molecule has 3 rings (SSSR count). The molecule has 1 aliphatic heterocycles. The molecule has 0 radical (unpaired) electrons. The van der Waals surface area contributed by atoms with Crippen molar-refractivity contribution in [3.05, 3.63) is 34.0 Å². The first-order valence-corrected chi connectivity index (χ1v) is 7.07. The summed E-state index contributed by atoms with van der Waals surface area (Å²) in [5.74, 6) is 0.739. The number of furan rings is 1. The molecule has 0 spiro atoms. The van der Waals surface area contributed by atoms with E-state index in [2.05, 4.69) is 15.9 Å². The summed E-state index contributed by atoms with van der Waals surface area (Å²) in [6.45, 7) is 0. The summed E-state index contributed by atoms with van der Waals surface area (Å²) < 4.78 is 29.2. The van der Waals surface area contributed by atoms with Crippen molar-refractivity contribution in [3.63, 3.8) is 0 Å². The molecule has 0 atom stereocenters. The highest BCUT2D eigenvalue weighted by molar-refractivity contribution is 9.10. The minimum absolute atomic E-state index is 0.0363. The van der Waals surface area contributed by atoms with E-state index in [9.17, 15) is 8.42 Å². The Kier molecular flexibility index (Phi) is 1.79. The van der Waals surface area contributed by atoms with Gasteiger partial charge in [-0.15, -0.1) is 0 Å². The third kappa shape index (κ3) is 1.41. The Morgan fingerprint density at radius 1 is 1.27 bits per heavy atom. The fourth-order valence-electron chi connectivity index (χ4n) is 1.92. The Morgan fingerprint density at radius 3 is 2.87 bits per heavy atom. The molecule has 1 aliphatic rings. The second-order valence-electron chi connectivity index (χ2n) is 3.68. The molecule has 3 nitrogen and oxygen atoms in total. The molecule has 78 valence electrons. The van der Waals surface area contributed by atoms with E-state index < -0.39 is 9.84 Å². The molecule has 0 bridgehead atoms. The van der Waals surface area contributed by atoms with Crippen molar-refractivity contribution in [2.24, 2.45) is 0 Å². The zero-order valence-corrected chi connectivity index (χ0v) is 10.1. The summed E-state index contributed by atoms with van der Waals surface area (Å²) in [6.07, 6.45) is 0. The van der Waals surface area contributed by atoms with Crippen molar-refractivity contribution in [3.8, 4) is 0 Å². The quantitative estimate of drug-likeness (QED) is 0.748. The van der Waals surface area contributed by atoms with Crippen molar-refractivity contribution in [2.45, 2.75) is 11.5 Å². The summed E-state index contributed by atoms with van der Waals surface area (Å²) in [7, 11) is -2.98. The summed E-state index contributed by atoms with van der Waals surface area (Å²) >= 11 is 3.36. The van der Waals surface area contributed by atoms with Crippen LogP contribution >= 0.6 is 15.9 Å². The Morgan fingerprint density at radius 2 is 2.07 bits per heavy atom. The summed E-state index contributed by atoms with van der Waals surface area (Å²) in [5.41, 5.74) is 1.59. The number of hydrogen-bond donors (Lipinski definition) is 0. The lowest BCUT2D eigenvalue weighted by Gasteiger charge is -1.94. The molecule has 2 aromatic rings. The van der Waals surface area contributed by atoms with Crippen LogP contribution in [-0.2, 0) is 21.3 Å². The van der Waals surface area contributed by atoms with Crippen LogP contribution in [0.4, 0.5) is 0 Å². The molecular weight excluding hydrogens is 280 g/mol. The summed E-state index contributed by atoms with van der Waals surface area (Å²) in [6, 6.07) is 5.64. The van der Waals surface area contributed by atoms with Gasteiger partial charge in [-0.05, 0) is 18.2 Å². The van der Waals surface area contributed by atoms with Gasteiger partial charge < -0.3 is 4.42 Å². The van der Waals surface area contributed by atoms with Gasteiger partial charge in [0.2, 0.25) is 0 Å². The van der Waals surface area contributed by atoms with Crippen LogP contribution in [0.3, 0.4) is 0 Å². The number of hydrogen-bond acceptors (Lipinski definition) is 3. The predicted octanol–water partition coefficient (Wildman–Crippen LogP) is 2.62. The second-order valence-corrected chi connectivity index (χ2v) is 6.66. The van der Waals surface area contributed by atoms with Gasteiger partial charge in [-0.2, -0.15) is 0 Å². The van der Waals surface area contributed by atoms with Crippen LogP contribution in [0.5, 0.6) is 0 Å². The third-order valence-electron chi connectivity index (χ3n) is 2.55. The van der Waals surface area contributed by atoms with Crippen molar-refractivity contribution >= 4 is 36.7 Å². The minimum atomic E-state index is -2.98. The van der Waals surface area contributed by atoms with Crippen LogP contribution < -0.4 is 0 Å². The van der Waals surface area contributed by atoms with Crippen LogP contribution in [0.2, 0.25) is 0 Å². The maximum Gasteiger partial charge on any atom is 0.161 e. The fourth-order valence-corrected chi connectivity index (χ4v) is 3.77. The predicted molar refractivity (Wildman–Crippen MR) is 60.2 cm³/mol. The maximum atomic E-state index is 11.4. The van der Waals surface area contributed by atoms with Gasteiger partial charge in [0.25, 0.3) is 0 Å². The van der Waals surface area contributed by atoms with E-state index in [-0.39, 0.29) is 11.5 Å². The SMILES string of the molecule is O=S1(=O)Cc2oc3ccc(Br)cc3c2C1. The standard InChI is InChI=1S/C10H7BrO3S/c11-6-1-2-9-7(3-6)8-4-15(12,13)5-10(8)14-9/h1-3H,4-5H2. The lowest BCUT2D eigenvalue weighted by Crippen LogP contribution is -1.96. The van der Waals surface area contributed by atoms with Gasteiger partial charge >= 0.3 is 0 Å². The Hall–Kier alpha value is -0.810. The van der Waals surface area contributed by atoms with E-state index in [1.165, 1.54) is 0 Å². The highest BCUT2D eigenvalue weighted by Crippen LogP contribution is 2.35. The van der Waals surface area contributed by atoms with Crippen LogP contribution in [0, 0.1) is 0 Å². The topological polar surface area (TPSA) is 47.3 Å². The molecule has 0 saturated heterocycles. The second kappa shape index (κ2) is 2.86. The third-order valence-corrected chi connectivity index (χ3v) is 4.48. The fraction of sp³-hybridized carbons (Fsp3) is 0.200. The molecule has 1 aromatic heterocycles. The van der Waals surface area contributed by atoms with Gasteiger partial charge in [0.1, 0.15) is 17.1 Å². The molecule has 0 aliphatic carbocycles. The van der Waals surface area contributed by atoms with Gasteiger partial charge in [-0.3, -0.25) is 0 Å². The molecule has 0 fully saturated rings. The smallest absolute Gasteiger partial charge is 0.161 e. The molecule has 0 unspecified atom stereocenters. The lowest BCUT2D eigenvalue weighted by atomic mass is 10.2. The minimum Gasteiger partial charge on any atom is -0.460 e. The van der Waals surface area contributed by atoms with Gasteiger partial charge in [0.15, 0.2) is 9.84 Å². The van der Waals surface area contributed by atoms with E-state index in [0.717, 1.165) is 21.0 Å². The molecule has 15 heavy (non-hydrogen) atoms. The monoisotopic (exact) mass is 286 g/mol. The van der Waals surface area contributed by atoms with Gasteiger partial charge in [0, 0.05) is 15.4 Å². The first-order valence-electron chi connectivity index (χ1n) is 4.45.